The van der Waals surface area contributed by atoms with Crippen molar-refractivity contribution in [2.75, 3.05) is 43.4 Å². The molecule has 2 aliphatic rings. The molecule has 3 rings (SSSR count). The predicted octanol–water partition coefficient (Wildman–Crippen LogP) is 1.85. The Kier molecular flexibility index (Phi) is 7.51. The number of halogens is 2. The highest BCUT2D eigenvalue weighted by molar-refractivity contribution is 14.0. The van der Waals surface area contributed by atoms with Crippen molar-refractivity contribution in [1.29, 1.82) is 0 Å². The molecular formula is C17H26FIN4O2S. The Hall–Kier alpha value is -1.10. The summed E-state index contributed by atoms with van der Waals surface area (Å²) >= 11 is 0. The standard InChI is InChI=1S/C17H25FN4O2S.HI/c18-14-4-6-15(7-5-14)21-8-10-22(11-9-21)17(19)20-13-16-3-1-2-12-25(16,23)24;/h4-7,16H,1-3,8-13H2,(H2,19,20);1H. The highest BCUT2D eigenvalue weighted by Gasteiger charge is 2.28. The smallest absolute Gasteiger partial charge is 0.191 e. The molecule has 0 saturated carbocycles. The summed E-state index contributed by atoms with van der Waals surface area (Å²) in [5.41, 5.74) is 7.06. The van der Waals surface area contributed by atoms with Crippen molar-refractivity contribution in [3.8, 4) is 0 Å². The maximum absolute atomic E-state index is 13.0. The highest BCUT2D eigenvalue weighted by atomic mass is 127. The summed E-state index contributed by atoms with van der Waals surface area (Å²) in [7, 11) is -3.02. The summed E-state index contributed by atoms with van der Waals surface area (Å²) in [6.07, 6.45) is 2.37. The Morgan fingerprint density at radius 3 is 2.42 bits per heavy atom. The van der Waals surface area contributed by atoms with Gasteiger partial charge in [-0.25, -0.2) is 12.8 Å². The number of hydrogen-bond donors (Lipinski definition) is 1. The lowest BCUT2D eigenvalue weighted by Gasteiger charge is -2.36. The van der Waals surface area contributed by atoms with E-state index in [1.165, 1.54) is 12.1 Å². The first-order chi connectivity index (χ1) is 12.0. The van der Waals surface area contributed by atoms with Crippen molar-refractivity contribution >= 4 is 45.5 Å². The minimum Gasteiger partial charge on any atom is -0.370 e. The zero-order valence-electron chi connectivity index (χ0n) is 14.7. The number of anilines is 1. The number of nitrogens with two attached hydrogens (primary N) is 1. The van der Waals surface area contributed by atoms with Crippen molar-refractivity contribution in [1.82, 2.24) is 4.90 Å². The molecule has 146 valence electrons. The van der Waals surface area contributed by atoms with E-state index in [1.54, 1.807) is 12.1 Å². The number of nitrogens with zero attached hydrogens (tertiary/aromatic N) is 3. The predicted molar refractivity (Wildman–Crippen MR) is 114 cm³/mol. The van der Waals surface area contributed by atoms with E-state index in [0.29, 0.717) is 25.5 Å². The van der Waals surface area contributed by atoms with Gasteiger partial charge < -0.3 is 15.5 Å². The van der Waals surface area contributed by atoms with Crippen molar-refractivity contribution in [3.05, 3.63) is 30.1 Å². The molecule has 0 aliphatic carbocycles. The van der Waals surface area contributed by atoms with Gasteiger partial charge in [0.15, 0.2) is 15.8 Å². The van der Waals surface area contributed by atoms with Gasteiger partial charge in [-0.3, -0.25) is 4.99 Å². The van der Waals surface area contributed by atoms with Crippen LogP contribution in [-0.4, -0.2) is 63.0 Å². The van der Waals surface area contributed by atoms with Crippen LogP contribution in [0.4, 0.5) is 10.1 Å². The lowest BCUT2D eigenvalue weighted by molar-refractivity contribution is 0.380. The molecule has 2 fully saturated rings. The summed E-state index contributed by atoms with van der Waals surface area (Å²) in [6.45, 7) is 3.22. The molecule has 1 aromatic carbocycles. The number of aliphatic imine (C=N–C) groups is 1. The first-order valence-corrected chi connectivity index (χ1v) is 10.4. The minimum absolute atomic E-state index is 0. The van der Waals surface area contributed by atoms with Gasteiger partial charge in [-0.05, 0) is 37.1 Å². The lowest BCUT2D eigenvalue weighted by Crippen LogP contribution is -2.51. The fourth-order valence-electron chi connectivity index (χ4n) is 3.37. The molecule has 2 heterocycles. The molecule has 0 aromatic heterocycles. The number of rotatable bonds is 3. The summed E-state index contributed by atoms with van der Waals surface area (Å²) in [5.74, 6) is 0.444. The Balaban J connectivity index is 0.00000243. The molecule has 0 bridgehead atoms. The van der Waals surface area contributed by atoms with Crippen LogP contribution in [0.1, 0.15) is 19.3 Å². The Labute approximate surface area is 171 Å². The van der Waals surface area contributed by atoms with Crippen LogP contribution in [0.3, 0.4) is 0 Å². The number of sulfone groups is 1. The molecule has 1 atom stereocenters. The van der Waals surface area contributed by atoms with Gasteiger partial charge in [0.2, 0.25) is 0 Å². The second kappa shape index (κ2) is 9.20. The van der Waals surface area contributed by atoms with E-state index in [9.17, 15) is 12.8 Å². The van der Waals surface area contributed by atoms with Gasteiger partial charge in [-0.2, -0.15) is 0 Å². The lowest BCUT2D eigenvalue weighted by atomic mass is 10.2. The molecule has 9 heteroatoms. The second-order valence-corrected chi connectivity index (χ2v) is 9.03. The largest absolute Gasteiger partial charge is 0.370 e. The van der Waals surface area contributed by atoms with E-state index in [-0.39, 0.29) is 47.3 Å². The molecule has 0 radical (unpaired) electrons. The van der Waals surface area contributed by atoms with E-state index in [1.807, 2.05) is 4.90 Å². The van der Waals surface area contributed by atoms with Crippen LogP contribution in [0.15, 0.2) is 29.3 Å². The van der Waals surface area contributed by atoms with Crippen molar-refractivity contribution in [3.63, 3.8) is 0 Å². The molecule has 2 N–H and O–H groups in total. The van der Waals surface area contributed by atoms with Gasteiger partial charge in [0.1, 0.15) is 5.82 Å². The first kappa shape index (κ1) is 21.2. The summed E-state index contributed by atoms with van der Waals surface area (Å²) < 4.78 is 37.1. The number of hydrogen-bond acceptors (Lipinski definition) is 4. The molecule has 6 nitrogen and oxygen atoms in total. The molecule has 1 aromatic rings. The molecule has 2 saturated heterocycles. The van der Waals surface area contributed by atoms with Gasteiger partial charge in [-0.1, -0.05) is 6.42 Å². The number of piperazine rings is 1. The monoisotopic (exact) mass is 496 g/mol. The van der Waals surface area contributed by atoms with Gasteiger partial charge in [0.05, 0.1) is 17.5 Å². The summed E-state index contributed by atoms with van der Waals surface area (Å²) in [6, 6.07) is 6.47. The summed E-state index contributed by atoms with van der Waals surface area (Å²) in [5, 5.41) is -0.389. The third-order valence-corrected chi connectivity index (χ3v) is 7.22. The SMILES string of the molecule is I.NC(=NCC1CCCCS1(=O)=O)N1CCN(c2ccc(F)cc2)CC1. The Morgan fingerprint density at radius 1 is 1.15 bits per heavy atom. The van der Waals surface area contributed by atoms with Crippen LogP contribution in [-0.2, 0) is 9.84 Å². The van der Waals surface area contributed by atoms with E-state index in [4.69, 9.17) is 5.73 Å². The molecule has 0 spiro atoms. The number of benzene rings is 1. The maximum Gasteiger partial charge on any atom is 0.191 e. The number of guanidine groups is 1. The third kappa shape index (κ3) is 5.21. The van der Waals surface area contributed by atoms with Crippen molar-refractivity contribution in [2.24, 2.45) is 10.7 Å². The first-order valence-electron chi connectivity index (χ1n) is 8.73. The van der Waals surface area contributed by atoms with E-state index in [0.717, 1.165) is 31.6 Å². The van der Waals surface area contributed by atoms with Crippen LogP contribution < -0.4 is 10.6 Å². The van der Waals surface area contributed by atoms with Gasteiger partial charge in [-0.15, -0.1) is 24.0 Å². The van der Waals surface area contributed by atoms with Gasteiger partial charge in [0, 0.05) is 31.9 Å². The molecule has 0 amide bonds. The van der Waals surface area contributed by atoms with Crippen LogP contribution in [0.2, 0.25) is 0 Å². The third-order valence-electron chi connectivity index (χ3n) is 4.97. The highest BCUT2D eigenvalue weighted by Crippen LogP contribution is 2.20. The molecule has 1 unspecified atom stereocenters. The zero-order chi connectivity index (χ0) is 17.9. The van der Waals surface area contributed by atoms with Crippen LogP contribution in [0.5, 0.6) is 0 Å². The normalized spacial score (nSPS) is 23.4. The van der Waals surface area contributed by atoms with E-state index < -0.39 is 9.84 Å². The summed E-state index contributed by atoms with van der Waals surface area (Å²) in [4.78, 5) is 8.51. The fourth-order valence-corrected chi connectivity index (χ4v) is 5.13. The molecule has 26 heavy (non-hydrogen) atoms. The second-order valence-electron chi connectivity index (χ2n) is 6.63. The van der Waals surface area contributed by atoms with Crippen LogP contribution in [0, 0.1) is 5.82 Å². The van der Waals surface area contributed by atoms with Crippen LogP contribution >= 0.6 is 24.0 Å². The molecular weight excluding hydrogens is 470 g/mol. The zero-order valence-corrected chi connectivity index (χ0v) is 17.8. The minimum atomic E-state index is -3.02. The van der Waals surface area contributed by atoms with Crippen LogP contribution in [0.25, 0.3) is 0 Å². The Morgan fingerprint density at radius 2 is 1.81 bits per heavy atom. The topological polar surface area (TPSA) is 79.0 Å². The fraction of sp³-hybridized carbons (Fsp3) is 0.588. The van der Waals surface area contributed by atoms with E-state index in [2.05, 4.69) is 9.89 Å². The maximum atomic E-state index is 13.0. The van der Waals surface area contributed by atoms with Gasteiger partial charge in [0.25, 0.3) is 0 Å². The van der Waals surface area contributed by atoms with Crippen molar-refractivity contribution in [2.45, 2.75) is 24.5 Å². The van der Waals surface area contributed by atoms with E-state index >= 15 is 0 Å². The Bertz CT molecular complexity index is 719. The molecule has 2 aliphatic heterocycles. The quantitative estimate of drug-likeness (QED) is 0.393. The average molecular weight is 496 g/mol. The van der Waals surface area contributed by atoms with Gasteiger partial charge >= 0.3 is 0 Å². The average Bonchev–Trinajstić information content (AvgIpc) is 2.61. The van der Waals surface area contributed by atoms with Crippen molar-refractivity contribution < 1.29 is 12.8 Å².